The van der Waals surface area contributed by atoms with Crippen molar-refractivity contribution in [2.45, 2.75) is 19.9 Å². The lowest BCUT2D eigenvalue weighted by Crippen LogP contribution is -2.04. The summed E-state index contributed by atoms with van der Waals surface area (Å²) in [5.74, 6) is 1.04. The monoisotopic (exact) mass is 492 g/mol. The maximum Gasteiger partial charge on any atom is 0.109 e. The standard InChI is InChI=1S/C22H17Cl3N2.C6H6/c1-2-21-26-22-15(16-11-18(24)19(25)12-17(16)23)9-6-10-20(22)27(21)13-14-7-4-3-5-8-14;1-2-4-6-5-3-1/h3-12H,2,13H2,1H3;1-6H. The fourth-order valence-corrected chi connectivity index (χ4v) is 4.39. The van der Waals surface area contributed by atoms with Gasteiger partial charge in [-0.2, -0.15) is 0 Å². The highest BCUT2D eigenvalue weighted by atomic mass is 35.5. The zero-order chi connectivity index (χ0) is 23.2. The number of halogens is 3. The van der Waals surface area contributed by atoms with Gasteiger partial charge in [0, 0.05) is 24.1 Å². The van der Waals surface area contributed by atoms with Crippen LogP contribution in [0.4, 0.5) is 0 Å². The zero-order valence-corrected chi connectivity index (χ0v) is 20.4. The lowest BCUT2D eigenvalue weighted by molar-refractivity contribution is 0.753. The topological polar surface area (TPSA) is 17.8 Å². The van der Waals surface area contributed by atoms with Crippen LogP contribution in [-0.4, -0.2) is 9.55 Å². The van der Waals surface area contributed by atoms with Crippen LogP contribution in [0.25, 0.3) is 22.2 Å². The largest absolute Gasteiger partial charge is 0.323 e. The third-order valence-electron chi connectivity index (χ3n) is 5.32. The van der Waals surface area contributed by atoms with E-state index < -0.39 is 0 Å². The molecule has 0 saturated heterocycles. The van der Waals surface area contributed by atoms with Crippen LogP contribution in [0.1, 0.15) is 18.3 Å². The average molecular weight is 494 g/mol. The van der Waals surface area contributed by atoms with E-state index >= 15 is 0 Å². The molecule has 0 atom stereocenters. The first-order valence-electron chi connectivity index (χ1n) is 10.8. The summed E-state index contributed by atoms with van der Waals surface area (Å²) >= 11 is 18.8. The van der Waals surface area contributed by atoms with Gasteiger partial charge in [-0.15, -0.1) is 0 Å². The Hall–Kier alpha value is -2.78. The first-order valence-corrected chi connectivity index (χ1v) is 11.9. The number of hydrogen-bond donors (Lipinski definition) is 0. The van der Waals surface area contributed by atoms with Crippen molar-refractivity contribution >= 4 is 45.8 Å². The number of aryl methyl sites for hydroxylation is 1. The number of aromatic nitrogens is 2. The van der Waals surface area contributed by atoms with Crippen LogP contribution < -0.4 is 0 Å². The quantitative estimate of drug-likeness (QED) is 0.228. The minimum absolute atomic E-state index is 0.446. The molecule has 166 valence electrons. The molecule has 5 aromatic rings. The van der Waals surface area contributed by atoms with Gasteiger partial charge >= 0.3 is 0 Å². The molecule has 0 radical (unpaired) electrons. The van der Waals surface area contributed by atoms with Gasteiger partial charge in [-0.1, -0.05) is 121 Å². The molecule has 0 aliphatic rings. The Kier molecular flexibility index (Phi) is 7.72. The van der Waals surface area contributed by atoms with Gasteiger partial charge < -0.3 is 4.57 Å². The Balaban J connectivity index is 0.000000376. The molecule has 0 spiro atoms. The summed E-state index contributed by atoms with van der Waals surface area (Å²) < 4.78 is 2.26. The summed E-state index contributed by atoms with van der Waals surface area (Å²) in [5, 5.41) is 1.49. The molecule has 0 N–H and O–H groups in total. The van der Waals surface area contributed by atoms with Gasteiger partial charge in [-0.3, -0.25) is 0 Å². The molecule has 0 fully saturated rings. The number of hydrogen-bond acceptors (Lipinski definition) is 1. The van der Waals surface area contributed by atoms with Crippen LogP contribution in [-0.2, 0) is 13.0 Å². The lowest BCUT2D eigenvalue weighted by Gasteiger charge is -2.10. The second-order valence-corrected chi connectivity index (χ2v) is 8.75. The predicted octanol–water partition coefficient (Wildman–Crippen LogP) is 8.96. The second-order valence-electron chi connectivity index (χ2n) is 7.53. The molecule has 0 saturated carbocycles. The molecule has 1 aromatic heterocycles. The molecule has 33 heavy (non-hydrogen) atoms. The third kappa shape index (κ3) is 5.42. The van der Waals surface area contributed by atoms with Crippen LogP contribution in [0.2, 0.25) is 15.1 Å². The summed E-state index contributed by atoms with van der Waals surface area (Å²) in [6.45, 7) is 2.90. The minimum Gasteiger partial charge on any atom is -0.323 e. The van der Waals surface area contributed by atoms with Gasteiger partial charge in [0.05, 0.1) is 26.1 Å². The van der Waals surface area contributed by atoms with Crippen molar-refractivity contribution in [1.82, 2.24) is 9.55 Å². The van der Waals surface area contributed by atoms with Gasteiger partial charge in [-0.25, -0.2) is 4.98 Å². The van der Waals surface area contributed by atoms with E-state index in [1.165, 1.54) is 5.56 Å². The average Bonchev–Trinajstić information content (AvgIpc) is 3.21. The van der Waals surface area contributed by atoms with E-state index in [0.717, 1.165) is 41.0 Å². The van der Waals surface area contributed by atoms with Crippen LogP contribution in [0, 0.1) is 0 Å². The van der Waals surface area contributed by atoms with Crippen LogP contribution in [0.5, 0.6) is 0 Å². The van der Waals surface area contributed by atoms with E-state index in [1.54, 1.807) is 6.07 Å². The normalized spacial score (nSPS) is 10.7. The SMILES string of the molecule is CCc1nc2c(-c3cc(Cl)c(Cl)cc3Cl)cccc2n1Cc1ccccc1.c1ccccc1. The number of para-hydroxylation sites is 1. The van der Waals surface area contributed by atoms with Crippen molar-refractivity contribution < 1.29 is 0 Å². The number of rotatable bonds is 4. The summed E-state index contributed by atoms with van der Waals surface area (Å²) in [6.07, 6.45) is 0.843. The zero-order valence-electron chi connectivity index (χ0n) is 18.2. The fourth-order valence-electron chi connectivity index (χ4n) is 3.74. The second kappa shape index (κ2) is 10.9. The Labute approximate surface area is 209 Å². The molecule has 0 aliphatic heterocycles. The highest BCUT2D eigenvalue weighted by Gasteiger charge is 2.16. The van der Waals surface area contributed by atoms with Crippen molar-refractivity contribution in [3.8, 4) is 11.1 Å². The van der Waals surface area contributed by atoms with E-state index in [-0.39, 0.29) is 0 Å². The molecular formula is C28H23Cl3N2. The lowest BCUT2D eigenvalue weighted by atomic mass is 10.0. The van der Waals surface area contributed by atoms with Crippen LogP contribution >= 0.6 is 34.8 Å². The van der Waals surface area contributed by atoms with E-state index in [2.05, 4.69) is 41.8 Å². The van der Waals surface area contributed by atoms with Gasteiger partial charge in [-0.05, 0) is 23.8 Å². The smallest absolute Gasteiger partial charge is 0.109 e. The predicted molar refractivity (Wildman–Crippen MR) is 142 cm³/mol. The molecule has 0 aliphatic carbocycles. The molecule has 4 aromatic carbocycles. The van der Waals surface area contributed by atoms with Gasteiger partial charge in [0.1, 0.15) is 5.82 Å². The number of nitrogens with zero attached hydrogens (tertiary/aromatic N) is 2. The molecule has 0 amide bonds. The molecular weight excluding hydrogens is 471 g/mol. The third-order valence-corrected chi connectivity index (χ3v) is 6.36. The molecule has 2 nitrogen and oxygen atoms in total. The summed E-state index contributed by atoms with van der Waals surface area (Å²) in [7, 11) is 0. The summed E-state index contributed by atoms with van der Waals surface area (Å²) in [6, 6.07) is 32.0. The molecule has 0 unspecified atom stereocenters. The van der Waals surface area contributed by atoms with Crippen molar-refractivity contribution in [3.63, 3.8) is 0 Å². The number of benzene rings is 4. The Morgan fingerprint density at radius 3 is 1.91 bits per heavy atom. The van der Waals surface area contributed by atoms with Crippen molar-refractivity contribution in [2.24, 2.45) is 0 Å². The van der Waals surface area contributed by atoms with Gasteiger partial charge in [0.25, 0.3) is 0 Å². The first kappa shape index (κ1) is 23.4. The van der Waals surface area contributed by atoms with E-state index in [4.69, 9.17) is 39.8 Å². The van der Waals surface area contributed by atoms with E-state index in [1.807, 2.05) is 60.7 Å². The molecule has 5 rings (SSSR count). The first-order chi connectivity index (χ1) is 16.1. The van der Waals surface area contributed by atoms with Gasteiger partial charge in [0.15, 0.2) is 0 Å². The number of fused-ring (bicyclic) bond motifs is 1. The maximum atomic E-state index is 6.47. The van der Waals surface area contributed by atoms with Crippen LogP contribution in [0.3, 0.4) is 0 Å². The highest BCUT2D eigenvalue weighted by molar-refractivity contribution is 6.44. The molecule has 0 bridgehead atoms. The van der Waals surface area contributed by atoms with Crippen LogP contribution in [0.15, 0.2) is 97.1 Å². The van der Waals surface area contributed by atoms with Crippen molar-refractivity contribution in [1.29, 1.82) is 0 Å². The highest BCUT2D eigenvalue weighted by Crippen LogP contribution is 2.38. The summed E-state index contributed by atoms with van der Waals surface area (Å²) in [5.41, 5.74) is 5.03. The Morgan fingerprint density at radius 1 is 0.667 bits per heavy atom. The number of imidazole rings is 1. The summed E-state index contributed by atoms with van der Waals surface area (Å²) in [4.78, 5) is 4.93. The maximum absolute atomic E-state index is 6.47. The van der Waals surface area contributed by atoms with Crippen molar-refractivity contribution in [2.75, 3.05) is 0 Å². The minimum atomic E-state index is 0.446. The molecule has 1 heterocycles. The van der Waals surface area contributed by atoms with E-state index in [9.17, 15) is 0 Å². The van der Waals surface area contributed by atoms with Gasteiger partial charge in [0.2, 0.25) is 0 Å². The van der Waals surface area contributed by atoms with Crippen molar-refractivity contribution in [3.05, 3.63) is 124 Å². The molecule has 5 heteroatoms. The Morgan fingerprint density at radius 2 is 1.27 bits per heavy atom. The van der Waals surface area contributed by atoms with E-state index in [0.29, 0.717) is 15.1 Å². The fraction of sp³-hybridized carbons (Fsp3) is 0.107. The Bertz CT molecular complexity index is 1320.